The highest BCUT2D eigenvalue weighted by atomic mass is 16.5. The summed E-state index contributed by atoms with van der Waals surface area (Å²) in [4.78, 5) is 27.3. The van der Waals surface area contributed by atoms with E-state index in [4.69, 9.17) is 18.9 Å². The van der Waals surface area contributed by atoms with Crippen LogP contribution in [0.25, 0.3) is 0 Å². The number of ether oxygens (including phenoxy) is 4. The topological polar surface area (TPSA) is 98.4 Å². The number of benzene rings is 2. The molecule has 1 aliphatic heterocycles. The predicted molar refractivity (Wildman–Crippen MR) is 130 cm³/mol. The van der Waals surface area contributed by atoms with Gasteiger partial charge in [0.15, 0.2) is 11.5 Å². The van der Waals surface area contributed by atoms with E-state index in [2.05, 4.69) is 15.5 Å². The van der Waals surface area contributed by atoms with Crippen LogP contribution in [0.2, 0.25) is 0 Å². The zero-order valence-electron chi connectivity index (χ0n) is 20.0. The zero-order chi connectivity index (χ0) is 24.3. The number of morpholine rings is 1. The van der Waals surface area contributed by atoms with Gasteiger partial charge in [-0.1, -0.05) is 0 Å². The molecule has 2 amide bonds. The highest BCUT2D eigenvalue weighted by molar-refractivity contribution is 6.05. The van der Waals surface area contributed by atoms with Gasteiger partial charge in [-0.2, -0.15) is 0 Å². The maximum atomic E-state index is 12.9. The van der Waals surface area contributed by atoms with E-state index in [1.165, 1.54) is 0 Å². The minimum Gasteiger partial charge on any atom is -0.490 e. The number of nitrogens with zero attached hydrogens (tertiary/aromatic N) is 1. The van der Waals surface area contributed by atoms with Gasteiger partial charge >= 0.3 is 0 Å². The van der Waals surface area contributed by atoms with E-state index in [0.717, 1.165) is 13.1 Å². The largest absolute Gasteiger partial charge is 0.490 e. The van der Waals surface area contributed by atoms with E-state index >= 15 is 0 Å². The number of amides is 2. The van der Waals surface area contributed by atoms with Gasteiger partial charge in [0.25, 0.3) is 5.91 Å². The third-order valence-electron chi connectivity index (χ3n) is 5.07. The van der Waals surface area contributed by atoms with Gasteiger partial charge in [0, 0.05) is 30.0 Å². The molecule has 3 rings (SSSR count). The van der Waals surface area contributed by atoms with E-state index in [9.17, 15) is 9.59 Å². The first-order chi connectivity index (χ1) is 16.5. The number of carbonyl (C=O) groups is 2. The Bertz CT molecular complexity index is 931. The minimum atomic E-state index is -0.311. The van der Waals surface area contributed by atoms with Crippen LogP contribution in [0.5, 0.6) is 17.2 Å². The van der Waals surface area contributed by atoms with Crippen molar-refractivity contribution in [3.8, 4) is 17.2 Å². The van der Waals surface area contributed by atoms with Crippen molar-refractivity contribution >= 4 is 23.2 Å². The lowest BCUT2D eigenvalue weighted by atomic mass is 10.1. The number of carbonyl (C=O) groups excluding carboxylic acids is 2. The summed E-state index contributed by atoms with van der Waals surface area (Å²) in [6, 6.07) is 10.3. The number of anilines is 2. The maximum Gasteiger partial charge on any atom is 0.255 e. The molecule has 0 atom stereocenters. The fourth-order valence-electron chi connectivity index (χ4n) is 3.52. The summed E-state index contributed by atoms with van der Waals surface area (Å²) >= 11 is 0. The normalized spacial score (nSPS) is 13.7. The fourth-order valence-corrected chi connectivity index (χ4v) is 3.52. The molecular weight excluding hydrogens is 438 g/mol. The van der Waals surface area contributed by atoms with Crippen molar-refractivity contribution < 1.29 is 28.5 Å². The van der Waals surface area contributed by atoms with Crippen LogP contribution >= 0.6 is 0 Å². The van der Waals surface area contributed by atoms with Crippen LogP contribution in [0.4, 0.5) is 11.4 Å². The van der Waals surface area contributed by atoms with Crippen LogP contribution in [-0.2, 0) is 9.53 Å². The van der Waals surface area contributed by atoms with Gasteiger partial charge in [-0.15, -0.1) is 0 Å². The van der Waals surface area contributed by atoms with Crippen molar-refractivity contribution in [3.63, 3.8) is 0 Å². The smallest absolute Gasteiger partial charge is 0.255 e. The molecule has 2 aromatic rings. The molecule has 0 aromatic heterocycles. The summed E-state index contributed by atoms with van der Waals surface area (Å²) in [5.41, 5.74) is 1.65. The van der Waals surface area contributed by atoms with Gasteiger partial charge in [0.2, 0.25) is 11.7 Å². The first-order valence-corrected chi connectivity index (χ1v) is 11.6. The summed E-state index contributed by atoms with van der Waals surface area (Å²) in [6.07, 6.45) is 0. The average Bonchev–Trinajstić information content (AvgIpc) is 2.83. The van der Waals surface area contributed by atoms with Crippen LogP contribution < -0.4 is 24.8 Å². The molecule has 0 spiro atoms. The monoisotopic (exact) mass is 471 g/mol. The van der Waals surface area contributed by atoms with Crippen molar-refractivity contribution in [2.45, 2.75) is 20.8 Å². The van der Waals surface area contributed by atoms with Gasteiger partial charge in [-0.25, -0.2) is 0 Å². The maximum absolute atomic E-state index is 12.9. The lowest BCUT2D eigenvalue weighted by molar-refractivity contribution is -0.118. The second-order valence-corrected chi connectivity index (χ2v) is 7.57. The summed E-state index contributed by atoms with van der Waals surface area (Å²) in [7, 11) is 0. The van der Waals surface area contributed by atoms with Gasteiger partial charge in [0.05, 0.1) is 39.6 Å². The molecule has 2 aromatic carbocycles. The Morgan fingerprint density at radius 1 is 0.853 bits per heavy atom. The van der Waals surface area contributed by atoms with E-state index < -0.39 is 0 Å². The second kappa shape index (κ2) is 12.8. The minimum absolute atomic E-state index is 0.0834. The third kappa shape index (κ3) is 7.10. The number of nitrogens with one attached hydrogen (secondary N) is 2. The van der Waals surface area contributed by atoms with E-state index in [0.29, 0.717) is 73.8 Å². The van der Waals surface area contributed by atoms with E-state index in [1.807, 2.05) is 20.8 Å². The standard InChI is InChI=1S/C25H33N3O6/c1-4-32-21-15-18(16-22(33-5-2)24(21)34-6-3)25(30)27-20-9-7-19(8-10-20)26-23(29)17-28-11-13-31-14-12-28/h7-10,15-16H,4-6,11-14,17H2,1-3H3,(H,26,29)(H,27,30). The molecule has 0 saturated carbocycles. The van der Waals surface area contributed by atoms with Crippen molar-refractivity contribution in [2.75, 3.05) is 63.3 Å². The van der Waals surface area contributed by atoms with Crippen LogP contribution in [0.1, 0.15) is 31.1 Å². The summed E-state index contributed by atoms with van der Waals surface area (Å²) in [5.74, 6) is 1.01. The summed E-state index contributed by atoms with van der Waals surface area (Å²) in [5, 5.41) is 5.75. The molecule has 1 saturated heterocycles. The van der Waals surface area contributed by atoms with Gasteiger partial charge < -0.3 is 29.6 Å². The van der Waals surface area contributed by atoms with Crippen molar-refractivity contribution in [3.05, 3.63) is 42.0 Å². The first-order valence-electron chi connectivity index (χ1n) is 11.6. The van der Waals surface area contributed by atoms with Gasteiger partial charge in [0.1, 0.15) is 0 Å². The molecule has 9 nitrogen and oxygen atoms in total. The molecule has 2 N–H and O–H groups in total. The van der Waals surface area contributed by atoms with E-state index in [1.54, 1.807) is 36.4 Å². The fraction of sp³-hybridized carbons (Fsp3) is 0.440. The van der Waals surface area contributed by atoms with Crippen molar-refractivity contribution in [2.24, 2.45) is 0 Å². The molecule has 9 heteroatoms. The summed E-state index contributed by atoms with van der Waals surface area (Å²) < 4.78 is 22.4. The Morgan fingerprint density at radius 3 is 1.91 bits per heavy atom. The number of rotatable bonds is 11. The Morgan fingerprint density at radius 2 is 1.38 bits per heavy atom. The van der Waals surface area contributed by atoms with Crippen LogP contribution in [0.3, 0.4) is 0 Å². The van der Waals surface area contributed by atoms with Crippen LogP contribution in [0.15, 0.2) is 36.4 Å². The van der Waals surface area contributed by atoms with Crippen molar-refractivity contribution in [1.29, 1.82) is 0 Å². The van der Waals surface area contributed by atoms with Crippen LogP contribution in [0, 0.1) is 0 Å². The molecule has 0 radical (unpaired) electrons. The molecule has 0 bridgehead atoms. The first kappa shape index (κ1) is 25.3. The SMILES string of the molecule is CCOc1cc(C(=O)Nc2ccc(NC(=O)CN3CCOCC3)cc2)cc(OCC)c1OCC. The molecule has 0 aliphatic carbocycles. The van der Waals surface area contributed by atoms with Crippen LogP contribution in [-0.4, -0.2) is 69.4 Å². The molecular formula is C25H33N3O6. The van der Waals surface area contributed by atoms with Crippen molar-refractivity contribution in [1.82, 2.24) is 4.90 Å². The zero-order valence-corrected chi connectivity index (χ0v) is 20.0. The quantitative estimate of drug-likeness (QED) is 0.518. The second-order valence-electron chi connectivity index (χ2n) is 7.57. The molecule has 1 heterocycles. The lowest BCUT2D eigenvalue weighted by Gasteiger charge is -2.25. The molecule has 0 unspecified atom stereocenters. The van der Waals surface area contributed by atoms with Gasteiger partial charge in [-0.3, -0.25) is 14.5 Å². The Hall–Kier alpha value is -3.30. The Balaban J connectivity index is 1.65. The lowest BCUT2D eigenvalue weighted by Crippen LogP contribution is -2.41. The molecule has 1 aliphatic rings. The molecule has 1 fully saturated rings. The predicted octanol–water partition coefficient (Wildman–Crippen LogP) is 3.41. The Kier molecular flexibility index (Phi) is 9.54. The molecule has 34 heavy (non-hydrogen) atoms. The highest BCUT2D eigenvalue weighted by Crippen LogP contribution is 2.39. The molecule has 184 valence electrons. The highest BCUT2D eigenvalue weighted by Gasteiger charge is 2.19. The van der Waals surface area contributed by atoms with Gasteiger partial charge in [-0.05, 0) is 57.2 Å². The number of hydrogen-bond donors (Lipinski definition) is 2. The number of hydrogen-bond acceptors (Lipinski definition) is 7. The Labute approximate surface area is 200 Å². The average molecular weight is 472 g/mol. The summed E-state index contributed by atoms with van der Waals surface area (Å²) in [6.45, 7) is 10.0. The van der Waals surface area contributed by atoms with E-state index in [-0.39, 0.29) is 11.8 Å². The third-order valence-corrected chi connectivity index (χ3v) is 5.07.